The maximum atomic E-state index is 13.0. The standard InChI is InChI=1S/C24H26N4O3/c1-4-31-24(30)22-20(13-25-2)27(3)19-12-17(16-8-6-5-7-9-16)23(29)18(21(19)22)14-28-11-10-26-15-28/h5-12,15,25,29H,4,13-14H2,1-3H3. The molecule has 0 unspecified atom stereocenters. The predicted octanol–water partition coefficient (Wildman–Crippen LogP) is 3.69. The van der Waals surface area contributed by atoms with E-state index in [0.29, 0.717) is 29.6 Å². The molecular formula is C24H26N4O3. The number of hydrogen-bond donors (Lipinski definition) is 2. The van der Waals surface area contributed by atoms with Gasteiger partial charge in [-0.3, -0.25) is 0 Å². The van der Waals surface area contributed by atoms with E-state index in [4.69, 9.17) is 4.74 Å². The van der Waals surface area contributed by atoms with E-state index in [-0.39, 0.29) is 12.4 Å². The number of aryl methyl sites for hydroxylation is 1. The molecule has 0 aliphatic heterocycles. The maximum absolute atomic E-state index is 13.0. The Hall–Kier alpha value is -3.58. The molecule has 0 atom stereocenters. The number of phenols is 1. The van der Waals surface area contributed by atoms with Crippen LogP contribution in [0.15, 0.2) is 55.1 Å². The summed E-state index contributed by atoms with van der Waals surface area (Å²) in [5.41, 5.74) is 4.44. The van der Waals surface area contributed by atoms with Gasteiger partial charge in [-0.25, -0.2) is 9.78 Å². The van der Waals surface area contributed by atoms with Crippen LogP contribution < -0.4 is 5.32 Å². The zero-order chi connectivity index (χ0) is 22.0. The second-order valence-electron chi connectivity index (χ2n) is 7.38. The third kappa shape index (κ3) is 3.68. The third-order valence-electron chi connectivity index (χ3n) is 5.49. The van der Waals surface area contributed by atoms with Gasteiger partial charge in [0.1, 0.15) is 5.75 Å². The van der Waals surface area contributed by atoms with Crippen molar-refractivity contribution in [2.75, 3.05) is 13.7 Å². The molecule has 7 nitrogen and oxygen atoms in total. The van der Waals surface area contributed by atoms with Crippen LogP contribution in [0.25, 0.3) is 22.0 Å². The summed E-state index contributed by atoms with van der Waals surface area (Å²) >= 11 is 0. The van der Waals surface area contributed by atoms with Crippen molar-refractivity contribution in [3.63, 3.8) is 0 Å². The van der Waals surface area contributed by atoms with Gasteiger partial charge in [-0.15, -0.1) is 0 Å². The van der Waals surface area contributed by atoms with Gasteiger partial charge in [-0.2, -0.15) is 0 Å². The molecule has 160 valence electrons. The molecule has 2 aromatic heterocycles. The molecule has 0 saturated heterocycles. The van der Waals surface area contributed by atoms with E-state index in [1.807, 2.05) is 65.8 Å². The summed E-state index contributed by atoms with van der Waals surface area (Å²) in [5.74, 6) is -0.239. The van der Waals surface area contributed by atoms with Gasteiger partial charge in [0.05, 0.1) is 30.6 Å². The van der Waals surface area contributed by atoms with Crippen LogP contribution in [0.4, 0.5) is 0 Å². The quantitative estimate of drug-likeness (QED) is 0.448. The Balaban J connectivity index is 2.08. The second kappa shape index (κ2) is 8.65. The number of fused-ring (bicyclic) bond motifs is 1. The van der Waals surface area contributed by atoms with Gasteiger partial charge < -0.3 is 24.3 Å². The number of aromatic nitrogens is 3. The molecule has 0 spiro atoms. The number of aromatic hydroxyl groups is 1. The predicted molar refractivity (Wildman–Crippen MR) is 120 cm³/mol. The molecule has 4 aromatic rings. The highest BCUT2D eigenvalue weighted by Crippen LogP contribution is 2.41. The van der Waals surface area contributed by atoms with Gasteiger partial charge >= 0.3 is 5.97 Å². The minimum absolute atomic E-state index is 0.152. The van der Waals surface area contributed by atoms with Crippen LogP contribution in [0.1, 0.15) is 28.5 Å². The lowest BCUT2D eigenvalue weighted by Crippen LogP contribution is -2.15. The van der Waals surface area contributed by atoms with E-state index in [1.54, 1.807) is 19.4 Å². The highest BCUT2D eigenvalue weighted by Gasteiger charge is 2.27. The number of benzene rings is 2. The van der Waals surface area contributed by atoms with Crippen molar-refractivity contribution < 1.29 is 14.6 Å². The van der Waals surface area contributed by atoms with E-state index < -0.39 is 5.97 Å². The Morgan fingerprint density at radius 2 is 2.03 bits per heavy atom. The van der Waals surface area contributed by atoms with Crippen molar-refractivity contribution in [3.05, 3.63) is 71.9 Å². The highest BCUT2D eigenvalue weighted by molar-refractivity contribution is 6.09. The SMILES string of the molecule is CCOC(=O)c1c(CNC)n(C)c2cc(-c3ccccc3)c(O)c(Cn3ccnc3)c12. The van der Waals surface area contributed by atoms with Crippen LogP contribution in [-0.2, 0) is 24.9 Å². The van der Waals surface area contributed by atoms with Crippen molar-refractivity contribution in [2.45, 2.75) is 20.0 Å². The molecule has 0 saturated carbocycles. The monoisotopic (exact) mass is 418 g/mol. The average molecular weight is 418 g/mol. The van der Waals surface area contributed by atoms with Gasteiger partial charge in [-0.05, 0) is 25.6 Å². The van der Waals surface area contributed by atoms with Gasteiger partial charge in [0.25, 0.3) is 0 Å². The van der Waals surface area contributed by atoms with Crippen LogP contribution >= 0.6 is 0 Å². The maximum Gasteiger partial charge on any atom is 0.340 e. The number of imidazole rings is 1. The normalized spacial score (nSPS) is 11.2. The lowest BCUT2D eigenvalue weighted by molar-refractivity contribution is 0.0527. The molecule has 2 aromatic carbocycles. The summed E-state index contributed by atoms with van der Waals surface area (Å²) in [6.45, 7) is 2.93. The fourth-order valence-corrected chi connectivity index (χ4v) is 4.07. The summed E-state index contributed by atoms with van der Waals surface area (Å²) < 4.78 is 9.28. The molecule has 0 amide bonds. The molecular weight excluding hydrogens is 392 g/mol. The first-order valence-electron chi connectivity index (χ1n) is 10.3. The molecule has 0 aliphatic carbocycles. The van der Waals surface area contributed by atoms with Gasteiger partial charge in [0, 0.05) is 48.2 Å². The summed E-state index contributed by atoms with van der Waals surface area (Å²) in [7, 11) is 3.77. The van der Waals surface area contributed by atoms with Gasteiger partial charge in [0.15, 0.2) is 0 Å². The molecule has 7 heteroatoms. The minimum Gasteiger partial charge on any atom is -0.507 e. The fraction of sp³-hybridized carbons (Fsp3) is 0.250. The molecule has 0 bridgehead atoms. The number of ether oxygens (including phenoxy) is 1. The van der Waals surface area contributed by atoms with Crippen LogP contribution in [0.2, 0.25) is 0 Å². The smallest absolute Gasteiger partial charge is 0.340 e. The molecule has 2 N–H and O–H groups in total. The Labute approximate surface area is 180 Å². The number of rotatable bonds is 7. The van der Waals surface area contributed by atoms with Crippen molar-refractivity contribution in [1.82, 2.24) is 19.4 Å². The number of hydrogen-bond acceptors (Lipinski definition) is 5. The van der Waals surface area contributed by atoms with Crippen LogP contribution in [-0.4, -0.2) is 38.8 Å². The van der Waals surface area contributed by atoms with E-state index in [0.717, 1.165) is 22.3 Å². The van der Waals surface area contributed by atoms with E-state index in [1.165, 1.54) is 0 Å². The third-order valence-corrected chi connectivity index (χ3v) is 5.49. The number of phenolic OH excluding ortho intramolecular Hbond substituents is 1. The molecule has 2 heterocycles. The van der Waals surface area contributed by atoms with Gasteiger partial charge in [0.2, 0.25) is 0 Å². The molecule has 0 aliphatic rings. The lowest BCUT2D eigenvalue weighted by Gasteiger charge is -2.14. The van der Waals surface area contributed by atoms with E-state index in [9.17, 15) is 9.90 Å². The Morgan fingerprint density at radius 1 is 1.26 bits per heavy atom. The molecule has 31 heavy (non-hydrogen) atoms. The fourth-order valence-electron chi connectivity index (χ4n) is 4.07. The van der Waals surface area contributed by atoms with E-state index >= 15 is 0 Å². The molecule has 0 fully saturated rings. The first kappa shape index (κ1) is 20.7. The zero-order valence-corrected chi connectivity index (χ0v) is 17.9. The van der Waals surface area contributed by atoms with Crippen molar-refractivity contribution in [1.29, 1.82) is 0 Å². The van der Waals surface area contributed by atoms with Crippen LogP contribution in [0.5, 0.6) is 5.75 Å². The summed E-state index contributed by atoms with van der Waals surface area (Å²) in [6.07, 6.45) is 5.23. The average Bonchev–Trinajstić information content (AvgIpc) is 3.38. The number of carbonyl (C=O) groups is 1. The highest BCUT2D eigenvalue weighted by atomic mass is 16.5. The Morgan fingerprint density at radius 3 is 2.68 bits per heavy atom. The summed E-state index contributed by atoms with van der Waals surface area (Å²) in [4.78, 5) is 17.1. The Bertz CT molecular complexity index is 1210. The number of carbonyl (C=O) groups excluding carboxylic acids is 1. The van der Waals surface area contributed by atoms with Crippen molar-refractivity contribution >= 4 is 16.9 Å². The number of esters is 1. The first-order valence-corrected chi connectivity index (χ1v) is 10.3. The van der Waals surface area contributed by atoms with Crippen molar-refractivity contribution in [2.24, 2.45) is 7.05 Å². The second-order valence-corrected chi connectivity index (χ2v) is 7.38. The first-order chi connectivity index (χ1) is 15.1. The number of nitrogens with zero attached hydrogens (tertiary/aromatic N) is 3. The molecule has 4 rings (SSSR count). The van der Waals surface area contributed by atoms with E-state index in [2.05, 4.69) is 10.3 Å². The Kier molecular flexibility index (Phi) is 5.77. The topological polar surface area (TPSA) is 81.3 Å². The lowest BCUT2D eigenvalue weighted by atomic mass is 9.96. The largest absolute Gasteiger partial charge is 0.507 e. The summed E-state index contributed by atoms with van der Waals surface area (Å²) in [5, 5.41) is 15.2. The zero-order valence-electron chi connectivity index (χ0n) is 17.9. The van der Waals surface area contributed by atoms with Crippen LogP contribution in [0.3, 0.4) is 0 Å². The summed E-state index contributed by atoms with van der Waals surface area (Å²) in [6, 6.07) is 11.7. The molecule has 0 radical (unpaired) electrons. The minimum atomic E-state index is -0.392. The van der Waals surface area contributed by atoms with Gasteiger partial charge in [-0.1, -0.05) is 30.3 Å². The van der Waals surface area contributed by atoms with Crippen LogP contribution in [0, 0.1) is 0 Å². The van der Waals surface area contributed by atoms with Crippen molar-refractivity contribution in [3.8, 4) is 16.9 Å². The number of nitrogens with one attached hydrogen (secondary N) is 1.